The number of fused-ring (bicyclic) bond motifs is 1. The minimum Gasteiger partial charge on any atom is -0.478 e. The van der Waals surface area contributed by atoms with Gasteiger partial charge in [-0.25, -0.2) is 4.79 Å². The number of carbonyl (C=O) groups is 2. The van der Waals surface area contributed by atoms with Crippen LogP contribution in [0.25, 0.3) is 0 Å². The molecule has 23 heavy (non-hydrogen) atoms. The van der Waals surface area contributed by atoms with Crippen LogP contribution in [0.3, 0.4) is 0 Å². The lowest BCUT2D eigenvalue weighted by molar-refractivity contribution is 0.0676. The number of rotatable bonds is 4. The molecular weight excluding hydrogens is 298 g/mol. The van der Waals surface area contributed by atoms with Gasteiger partial charge in [0, 0.05) is 13.5 Å². The lowest BCUT2D eigenvalue weighted by Crippen LogP contribution is -2.24. The van der Waals surface area contributed by atoms with Crippen molar-refractivity contribution in [2.45, 2.75) is 19.8 Å². The van der Waals surface area contributed by atoms with Crippen LogP contribution in [0.1, 0.15) is 33.2 Å². The topological polar surface area (TPSA) is 84.9 Å². The summed E-state index contributed by atoms with van der Waals surface area (Å²) in [7, 11) is 0. The van der Waals surface area contributed by atoms with E-state index in [1.54, 1.807) is 31.2 Å². The Morgan fingerprint density at radius 3 is 2.52 bits per heavy atom. The van der Waals surface area contributed by atoms with E-state index in [1.165, 1.54) is 12.1 Å². The highest BCUT2D eigenvalue weighted by molar-refractivity contribution is 6.04. The zero-order chi connectivity index (χ0) is 16.4. The van der Waals surface area contributed by atoms with Crippen LogP contribution >= 0.6 is 0 Å². The summed E-state index contributed by atoms with van der Waals surface area (Å²) in [6.07, 6.45) is -0.322. The molecule has 0 saturated heterocycles. The van der Waals surface area contributed by atoms with E-state index < -0.39 is 11.9 Å². The molecule has 1 atom stereocenters. The number of nitrogens with one attached hydrogen (secondary N) is 1. The minimum atomic E-state index is -1.13. The van der Waals surface area contributed by atoms with Crippen LogP contribution in [0.2, 0.25) is 0 Å². The zero-order valence-electron chi connectivity index (χ0n) is 12.4. The van der Waals surface area contributed by atoms with Gasteiger partial charge in [-0.3, -0.25) is 4.79 Å². The van der Waals surface area contributed by atoms with Crippen molar-refractivity contribution in [1.29, 1.82) is 0 Å². The van der Waals surface area contributed by atoms with Crippen LogP contribution < -0.4 is 14.8 Å². The van der Waals surface area contributed by atoms with Gasteiger partial charge in [0.05, 0.1) is 11.1 Å². The van der Waals surface area contributed by atoms with Crippen LogP contribution in [-0.2, 0) is 6.54 Å². The summed E-state index contributed by atoms with van der Waals surface area (Å²) >= 11 is 0. The normalized spacial score (nSPS) is 15.3. The summed E-state index contributed by atoms with van der Waals surface area (Å²) in [4.78, 5) is 23.3. The van der Waals surface area contributed by atoms with E-state index in [2.05, 4.69) is 5.32 Å². The van der Waals surface area contributed by atoms with Gasteiger partial charge >= 0.3 is 5.97 Å². The largest absolute Gasteiger partial charge is 0.478 e. The molecule has 0 aromatic heterocycles. The first kappa shape index (κ1) is 14.9. The number of ether oxygens (including phenoxy) is 2. The number of carboxylic acid groups (broad SMARTS) is 1. The number of hydrogen-bond donors (Lipinski definition) is 2. The third-order valence-corrected chi connectivity index (χ3v) is 3.45. The second kappa shape index (κ2) is 6.00. The van der Waals surface area contributed by atoms with E-state index in [1.807, 2.05) is 6.07 Å². The summed E-state index contributed by atoms with van der Waals surface area (Å²) < 4.78 is 10.9. The van der Waals surface area contributed by atoms with Crippen molar-refractivity contribution >= 4 is 11.9 Å². The van der Waals surface area contributed by atoms with Crippen LogP contribution in [0.5, 0.6) is 11.5 Å². The van der Waals surface area contributed by atoms with Crippen molar-refractivity contribution < 1.29 is 24.2 Å². The zero-order valence-corrected chi connectivity index (χ0v) is 12.4. The predicted octanol–water partition coefficient (Wildman–Crippen LogP) is 2.43. The molecule has 1 heterocycles. The lowest BCUT2D eigenvalue weighted by Gasteiger charge is -2.08. The number of carbonyl (C=O) groups excluding carboxylic acids is 1. The molecular formula is C17H15NO5. The van der Waals surface area contributed by atoms with E-state index in [-0.39, 0.29) is 24.0 Å². The second-order valence-electron chi connectivity index (χ2n) is 5.12. The lowest BCUT2D eigenvalue weighted by atomic mass is 10.1. The smallest absolute Gasteiger partial charge is 0.336 e. The third kappa shape index (κ3) is 3.11. The van der Waals surface area contributed by atoms with E-state index >= 15 is 0 Å². The van der Waals surface area contributed by atoms with Gasteiger partial charge in [0.2, 0.25) is 6.29 Å². The van der Waals surface area contributed by atoms with Gasteiger partial charge < -0.3 is 19.9 Å². The molecule has 1 unspecified atom stereocenters. The summed E-state index contributed by atoms with van der Waals surface area (Å²) in [5.41, 5.74) is 0.946. The highest BCUT2D eigenvalue weighted by Crippen LogP contribution is 2.35. The SMILES string of the molecule is CC1Oc2ccc(CNC(=O)c3ccccc3C(=O)O)cc2O1. The van der Waals surface area contributed by atoms with Gasteiger partial charge in [0.1, 0.15) is 0 Å². The van der Waals surface area contributed by atoms with Gasteiger partial charge in [0.15, 0.2) is 11.5 Å². The molecule has 1 amide bonds. The second-order valence-corrected chi connectivity index (χ2v) is 5.12. The van der Waals surface area contributed by atoms with Crippen LogP contribution in [0.4, 0.5) is 0 Å². The molecule has 2 aromatic rings. The molecule has 0 spiro atoms. The Morgan fingerprint density at radius 1 is 1.09 bits per heavy atom. The first-order chi connectivity index (χ1) is 11.0. The minimum absolute atomic E-state index is 0.0236. The summed E-state index contributed by atoms with van der Waals surface area (Å²) in [5, 5.41) is 11.8. The molecule has 0 saturated carbocycles. The van der Waals surface area contributed by atoms with Crippen molar-refractivity contribution in [3.8, 4) is 11.5 Å². The Balaban J connectivity index is 1.71. The monoisotopic (exact) mass is 313 g/mol. The average Bonchev–Trinajstić information content (AvgIpc) is 2.91. The number of aromatic carboxylic acids is 1. The fraction of sp³-hybridized carbons (Fsp3) is 0.176. The first-order valence-electron chi connectivity index (χ1n) is 7.11. The Kier molecular flexibility index (Phi) is 3.89. The van der Waals surface area contributed by atoms with Crippen LogP contribution in [-0.4, -0.2) is 23.3 Å². The Morgan fingerprint density at radius 2 is 1.78 bits per heavy atom. The van der Waals surface area contributed by atoms with Crippen LogP contribution in [0, 0.1) is 0 Å². The van der Waals surface area contributed by atoms with Crippen molar-refractivity contribution in [2.24, 2.45) is 0 Å². The molecule has 0 aliphatic carbocycles. The maximum atomic E-state index is 12.2. The number of amides is 1. The first-order valence-corrected chi connectivity index (χ1v) is 7.11. The van der Waals surface area contributed by atoms with Gasteiger partial charge in [-0.2, -0.15) is 0 Å². The predicted molar refractivity (Wildman–Crippen MR) is 81.7 cm³/mol. The highest BCUT2D eigenvalue weighted by atomic mass is 16.7. The third-order valence-electron chi connectivity index (χ3n) is 3.45. The van der Waals surface area contributed by atoms with Gasteiger partial charge in [-0.15, -0.1) is 0 Å². The van der Waals surface area contributed by atoms with Gasteiger partial charge in [-0.1, -0.05) is 18.2 Å². The summed E-state index contributed by atoms with van der Waals surface area (Å²) in [5.74, 6) is -0.263. The Labute approximate surface area is 132 Å². The van der Waals surface area contributed by atoms with Crippen molar-refractivity contribution in [3.05, 3.63) is 59.2 Å². The molecule has 118 valence electrons. The maximum Gasteiger partial charge on any atom is 0.336 e. The number of carboxylic acids is 1. The van der Waals surface area contributed by atoms with Gasteiger partial charge in [0.25, 0.3) is 5.91 Å². The van der Waals surface area contributed by atoms with E-state index in [0.29, 0.717) is 11.5 Å². The van der Waals surface area contributed by atoms with Crippen molar-refractivity contribution in [2.75, 3.05) is 0 Å². The van der Waals surface area contributed by atoms with E-state index in [4.69, 9.17) is 14.6 Å². The van der Waals surface area contributed by atoms with E-state index in [0.717, 1.165) is 5.56 Å². The highest BCUT2D eigenvalue weighted by Gasteiger charge is 2.20. The van der Waals surface area contributed by atoms with Crippen molar-refractivity contribution in [3.63, 3.8) is 0 Å². The van der Waals surface area contributed by atoms with Crippen molar-refractivity contribution in [1.82, 2.24) is 5.32 Å². The molecule has 0 bridgehead atoms. The summed E-state index contributed by atoms with van der Waals surface area (Å²) in [6.45, 7) is 2.06. The molecule has 3 rings (SSSR count). The summed E-state index contributed by atoms with van der Waals surface area (Å²) in [6, 6.07) is 11.5. The Bertz CT molecular complexity index is 771. The number of benzene rings is 2. The maximum absolute atomic E-state index is 12.2. The molecule has 0 radical (unpaired) electrons. The molecule has 6 nitrogen and oxygen atoms in total. The standard InChI is InChI=1S/C17H15NO5/c1-10-22-14-7-6-11(8-15(14)23-10)9-18-16(19)12-4-2-3-5-13(12)17(20)21/h2-8,10H,9H2,1H3,(H,18,19)(H,20,21). The van der Waals surface area contributed by atoms with Crippen LogP contribution in [0.15, 0.2) is 42.5 Å². The molecule has 2 aromatic carbocycles. The van der Waals surface area contributed by atoms with Gasteiger partial charge in [-0.05, 0) is 29.8 Å². The number of hydrogen-bond acceptors (Lipinski definition) is 4. The molecule has 1 aliphatic rings. The molecule has 1 aliphatic heterocycles. The van der Waals surface area contributed by atoms with E-state index in [9.17, 15) is 9.59 Å². The average molecular weight is 313 g/mol. The molecule has 2 N–H and O–H groups in total. The fourth-order valence-corrected chi connectivity index (χ4v) is 2.38. The molecule has 6 heteroatoms. The fourth-order valence-electron chi connectivity index (χ4n) is 2.38. The quantitative estimate of drug-likeness (QED) is 0.905. The Hall–Kier alpha value is -3.02. The molecule has 0 fully saturated rings.